The molecule has 1 saturated carbocycles. The van der Waals surface area contributed by atoms with Crippen LogP contribution in [0.15, 0.2) is 42.5 Å². The van der Waals surface area contributed by atoms with E-state index in [1.807, 2.05) is 0 Å². The summed E-state index contributed by atoms with van der Waals surface area (Å²) >= 11 is 0. The van der Waals surface area contributed by atoms with E-state index in [1.54, 1.807) is 18.2 Å². The van der Waals surface area contributed by atoms with Crippen LogP contribution in [0, 0.1) is 5.41 Å². The zero-order valence-electron chi connectivity index (χ0n) is 17.6. The number of alkyl halides is 3. The van der Waals surface area contributed by atoms with Crippen molar-refractivity contribution in [2.45, 2.75) is 31.7 Å². The van der Waals surface area contributed by atoms with E-state index in [4.69, 9.17) is 16.3 Å². The molecule has 2 aliphatic rings. The summed E-state index contributed by atoms with van der Waals surface area (Å²) in [6, 6.07) is 9.49. The van der Waals surface area contributed by atoms with E-state index in [0.717, 1.165) is 25.0 Å². The van der Waals surface area contributed by atoms with Gasteiger partial charge in [0.05, 0.1) is 16.9 Å². The van der Waals surface area contributed by atoms with Crippen LogP contribution in [0.3, 0.4) is 0 Å². The maximum absolute atomic E-state index is 12.8. The number of amides is 2. The standard InChI is InChI=1S/C22H24F3N5O3/c23-22(24,25)15-3-1-2-13(6-15)10-33-20(32)30-11-21(12-30)8-16(9-21)28-19(31)14-4-5-18(29-27)17(26)7-14/h1-7,16,29H,8-12,26-27H2,(H,28,31). The lowest BCUT2D eigenvalue weighted by Crippen LogP contribution is -2.67. The summed E-state index contributed by atoms with van der Waals surface area (Å²) in [6.07, 6.45) is -3.55. The second-order valence-corrected chi connectivity index (χ2v) is 8.63. The number of hydrazine groups is 1. The lowest BCUT2D eigenvalue weighted by atomic mass is 9.61. The molecule has 11 heteroatoms. The predicted octanol–water partition coefficient (Wildman–Crippen LogP) is 3.10. The first-order valence-corrected chi connectivity index (χ1v) is 10.3. The number of nitrogens with two attached hydrogens (primary N) is 2. The number of nitrogens with zero attached hydrogens (tertiary/aromatic N) is 1. The lowest BCUT2D eigenvalue weighted by molar-refractivity contribution is -0.137. The predicted molar refractivity (Wildman–Crippen MR) is 115 cm³/mol. The minimum atomic E-state index is -4.45. The van der Waals surface area contributed by atoms with Crippen LogP contribution in [0.2, 0.25) is 0 Å². The van der Waals surface area contributed by atoms with Crippen LogP contribution < -0.4 is 22.3 Å². The summed E-state index contributed by atoms with van der Waals surface area (Å²) in [6.45, 7) is 0.752. The molecule has 6 N–H and O–H groups in total. The van der Waals surface area contributed by atoms with E-state index in [0.29, 0.717) is 30.0 Å². The molecule has 2 fully saturated rings. The van der Waals surface area contributed by atoms with Crippen molar-refractivity contribution in [2.24, 2.45) is 11.3 Å². The van der Waals surface area contributed by atoms with Crippen LogP contribution in [-0.4, -0.2) is 36.0 Å². The smallest absolute Gasteiger partial charge is 0.416 e. The first-order chi connectivity index (χ1) is 15.6. The number of benzene rings is 2. The number of carbonyl (C=O) groups excluding carboxylic acids is 2. The number of anilines is 2. The third-order valence-electron chi connectivity index (χ3n) is 6.09. The fraction of sp³-hybridized carbons (Fsp3) is 0.364. The summed E-state index contributed by atoms with van der Waals surface area (Å²) in [5, 5.41) is 2.96. The van der Waals surface area contributed by atoms with Gasteiger partial charge in [0.2, 0.25) is 0 Å². The molecule has 2 aromatic rings. The largest absolute Gasteiger partial charge is 0.445 e. The molecular formula is C22H24F3N5O3. The monoisotopic (exact) mass is 463 g/mol. The zero-order valence-corrected chi connectivity index (χ0v) is 17.6. The van der Waals surface area contributed by atoms with E-state index >= 15 is 0 Å². The molecule has 0 atom stereocenters. The molecule has 0 aromatic heterocycles. The van der Waals surface area contributed by atoms with Crippen molar-refractivity contribution in [3.63, 3.8) is 0 Å². The molecule has 33 heavy (non-hydrogen) atoms. The molecule has 1 saturated heterocycles. The number of carbonyl (C=O) groups is 2. The highest BCUT2D eigenvalue weighted by atomic mass is 19.4. The van der Waals surface area contributed by atoms with E-state index in [9.17, 15) is 22.8 Å². The normalized spacial score (nSPS) is 17.2. The Labute approximate surface area is 188 Å². The Kier molecular flexibility index (Phi) is 5.83. The second kappa shape index (κ2) is 8.47. The third kappa shape index (κ3) is 4.82. The van der Waals surface area contributed by atoms with Gasteiger partial charge in [0.25, 0.3) is 5.91 Å². The zero-order chi connectivity index (χ0) is 23.8. The number of hydrogen-bond acceptors (Lipinski definition) is 6. The first kappa shape index (κ1) is 22.7. The van der Waals surface area contributed by atoms with E-state index in [-0.39, 0.29) is 29.5 Å². The van der Waals surface area contributed by atoms with Gasteiger partial charge in [-0.3, -0.25) is 10.6 Å². The van der Waals surface area contributed by atoms with Gasteiger partial charge in [-0.15, -0.1) is 0 Å². The van der Waals surface area contributed by atoms with Crippen molar-refractivity contribution in [2.75, 3.05) is 24.2 Å². The van der Waals surface area contributed by atoms with Crippen molar-refractivity contribution in [3.05, 3.63) is 59.2 Å². The average molecular weight is 463 g/mol. The SMILES string of the molecule is NNc1ccc(C(=O)NC2CC3(C2)CN(C(=O)OCc2cccc(C(F)(F)F)c2)C3)cc1N. The highest BCUT2D eigenvalue weighted by molar-refractivity contribution is 5.96. The molecule has 1 spiro atoms. The van der Waals surface area contributed by atoms with Gasteiger partial charge >= 0.3 is 12.3 Å². The Morgan fingerprint density at radius 2 is 1.88 bits per heavy atom. The summed E-state index contributed by atoms with van der Waals surface area (Å²) in [5.41, 5.74) is 9.04. The van der Waals surface area contributed by atoms with Gasteiger partial charge in [-0.05, 0) is 48.7 Å². The summed E-state index contributed by atoms with van der Waals surface area (Å²) in [4.78, 5) is 26.2. The Bertz CT molecular complexity index is 1060. The Balaban J connectivity index is 1.21. The Morgan fingerprint density at radius 3 is 2.52 bits per heavy atom. The molecule has 2 aromatic carbocycles. The summed E-state index contributed by atoms with van der Waals surface area (Å²) < 4.78 is 43.5. The number of halogens is 3. The fourth-order valence-electron chi connectivity index (χ4n) is 4.42. The van der Waals surface area contributed by atoms with E-state index in [1.165, 1.54) is 17.0 Å². The number of likely N-dealkylation sites (tertiary alicyclic amines) is 1. The molecule has 0 bridgehead atoms. The third-order valence-corrected chi connectivity index (χ3v) is 6.09. The van der Waals surface area contributed by atoms with E-state index < -0.39 is 17.8 Å². The van der Waals surface area contributed by atoms with Gasteiger partial charge < -0.3 is 26.1 Å². The van der Waals surface area contributed by atoms with Gasteiger partial charge in [0.15, 0.2) is 0 Å². The van der Waals surface area contributed by atoms with Gasteiger partial charge in [0.1, 0.15) is 6.61 Å². The van der Waals surface area contributed by atoms with Crippen LogP contribution in [0.1, 0.15) is 34.3 Å². The maximum atomic E-state index is 12.8. The molecule has 1 aliphatic heterocycles. The van der Waals surface area contributed by atoms with Crippen LogP contribution in [0.4, 0.5) is 29.3 Å². The fourth-order valence-corrected chi connectivity index (χ4v) is 4.42. The number of hydrogen-bond donors (Lipinski definition) is 4. The molecule has 2 amide bonds. The molecule has 1 aliphatic carbocycles. The first-order valence-electron chi connectivity index (χ1n) is 10.3. The Morgan fingerprint density at radius 1 is 1.15 bits per heavy atom. The number of nitrogens with one attached hydrogen (secondary N) is 2. The van der Waals surface area contributed by atoms with Gasteiger partial charge in [0, 0.05) is 30.1 Å². The maximum Gasteiger partial charge on any atom is 0.416 e. The minimum Gasteiger partial charge on any atom is -0.445 e. The second-order valence-electron chi connectivity index (χ2n) is 8.63. The Hall–Kier alpha value is -3.47. The number of rotatable bonds is 5. The molecule has 1 heterocycles. The highest BCUT2D eigenvalue weighted by Crippen LogP contribution is 2.48. The van der Waals surface area contributed by atoms with Gasteiger partial charge in [-0.1, -0.05) is 12.1 Å². The van der Waals surface area contributed by atoms with Crippen LogP contribution in [0.25, 0.3) is 0 Å². The lowest BCUT2D eigenvalue weighted by Gasteiger charge is -2.58. The minimum absolute atomic E-state index is 0.00527. The number of nitrogen functional groups attached to an aromatic ring is 2. The highest BCUT2D eigenvalue weighted by Gasteiger charge is 2.54. The number of ether oxygens (including phenoxy) is 1. The summed E-state index contributed by atoms with van der Waals surface area (Å²) in [5.74, 6) is 5.10. The van der Waals surface area contributed by atoms with Crippen LogP contribution in [-0.2, 0) is 17.5 Å². The summed E-state index contributed by atoms with van der Waals surface area (Å²) in [7, 11) is 0. The topological polar surface area (TPSA) is 123 Å². The molecule has 8 nitrogen and oxygen atoms in total. The molecule has 4 rings (SSSR count). The van der Waals surface area contributed by atoms with Gasteiger partial charge in [-0.25, -0.2) is 4.79 Å². The molecular weight excluding hydrogens is 439 g/mol. The molecule has 0 unspecified atom stereocenters. The van der Waals surface area contributed by atoms with Gasteiger partial charge in [-0.2, -0.15) is 13.2 Å². The average Bonchev–Trinajstić information content (AvgIpc) is 2.72. The van der Waals surface area contributed by atoms with Crippen molar-refractivity contribution in [1.82, 2.24) is 10.2 Å². The van der Waals surface area contributed by atoms with Crippen molar-refractivity contribution < 1.29 is 27.5 Å². The molecule has 0 radical (unpaired) electrons. The van der Waals surface area contributed by atoms with Crippen molar-refractivity contribution in [3.8, 4) is 0 Å². The van der Waals surface area contributed by atoms with Crippen molar-refractivity contribution >= 4 is 23.4 Å². The van der Waals surface area contributed by atoms with Crippen LogP contribution in [0.5, 0.6) is 0 Å². The van der Waals surface area contributed by atoms with E-state index in [2.05, 4.69) is 10.7 Å². The quantitative estimate of drug-likeness (QED) is 0.307. The molecule has 176 valence electrons. The van der Waals surface area contributed by atoms with Crippen molar-refractivity contribution in [1.29, 1.82) is 0 Å². The van der Waals surface area contributed by atoms with Crippen LogP contribution >= 0.6 is 0 Å².